The highest BCUT2D eigenvalue weighted by Crippen LogP contribution is 2.45. The number of amides is 1. The molecule has 0 saturated carbocycles. The molecular weight excluding hydrogens is 474 g/mol. The number of carbonyl (C=O) groups excluding carboxylic acids is 2. The number of carbonyl (C=O) groups is 2. The third kappa shape index (κ3) is 4.80. The van der Waals surface area contributed by atoms with Crippen LogP contribution >= 0.6 is 11.8 Å². The van der Waals surface area contributed by atoms with Crippen LogP contribution in [-0.4, -0.2) is 59.6 Å². The molecule has 0 unspecified atom stereocenters. The molecule has 0 spiro atoms. The first kappa shape index (κ1) is 24.6. The van der Waals surface area contributed by atoms with Crippen LogP contribution in [0.15, 0.2) is 77.5 Å². The van der Waals surface area contributed by atoms with E-state index in [2.05, 4.69) is 17.4 Å². The van der Waals surface area contributed by atoms with Crippen LogP contribution in [0.5, 0.6) is 0 Å². The van der Waals surface area contributed by atoms with Crippen molar-refractivity contribution in [3.05, 3.63) is 84.1 Å². The Hall–Kier alpha value is -3.10. The molecule has 0 radical (unpaired) electrons. The summed E-state index contributed by atoms with van der Waals surface area (Å²) in [6.45, 7) is 4.88. The van der Waals surface area contributed by atoms with Gasteiger partial charge in [-0.05, 0) is 16.9 Å². The van der Waals surface area contributed by atoms with Gasteiger partial charge in [0.05, 0.1) is 13.1 Å². The molecule has 2 bridgehead atoms. The Bertz CT molecular complexity index is 1120. The number of piperidine rings is 3. The minimum atomic E-state index is -0.946. The first-order valence-electron chi connectivity index (χ1n) is 12.6. The summed E-state index contributed by atoms with van der Waals surface area (Å²) in [7, 11) is 0. The second kappa shape index (κ2) is 10.5. The molecule has 4 heterocycles. The lowest BCUT2D eigenvalue weighted by Crippen LogP contribution is -2.66. The molecule has 36 heavy (non-hydrogen) atoms. The molecule has 3 aliphatic heterocycles. The van der Waals surface area contributed by atoms with E-state index in [1.54, 1.807) is 17.8 Å². The summed E-state index contributed by atoms with van der Waals surface area (Å²) in [4.78, 5) is 27.0. The Balaban J connectivity index is 1.39. The maximum Gasteiger partial charge on any atom is 0.331 e. The van der Waals surface area contributed by atoms with E-state index < -0.39 is 4.75 Å². The fourth-order valence-corrected chi connectivity index (χ4v) is 6.96. The van der Waals surface area contributed by atoms with Crippen LogP contribution in [0.4, 0.5) is 5.82 Å². The van der Waals surface area contributed by atoms with E-state index in [0.29, 0.717) is 29.3 Å². The van der Waals surface area contributed by atoms with Crippen LogP contribution in [0.2, 0.25) is 0 Å². The molecule has 1 aromatic heterocycles. The average molecular weight is 507 g/mol. The van der Waals surface area contributed by atoms with Crippen molar-refractivity contribution < 1.29 is 23.3 Å². The monoisotopic (exact) mass is 506 g/mol. The van der Waals surface area contributed by atoms with Gasteiger partial charge in [-0.15, -0.1) is 11.8 Å². The summed E-state index contributed by atoms with van der Waals surface area (Å²) in [6.07, 6.45) is 3.10. The molecular formula is C28H32N3O4S+. The van der Waals surface area contributed by atoms with Crippen molar-refractivity contribution in [3.8, 4) is 0 Å². The number of rotatable bonds is 9. The minimum Gasteiger partial charge on any atom is -0.455 e. The number of benzene rings is 2. The largest absolute Gasteiger partial charge is 0.455 e. The fourth-order valence-electron chi connectivity index (χ4n) is 5.75. The average Bonchev–Trinajstić information content (AvgIpc) is 3.41. The van der Waals surface area contributed by atoms with Crippen molar-refractivity contribution in [2.75, 3.05) is 37.2 Å². The molecule has 3 saturated heterocycles. The van der Waals surface area contributed by atoms with E-state index in [0.717, 1.165) is 42.8 Å². The molecule has 3 aliphatic rings. The van der Waals surface area contributed by atoms with Crippen LogP contribution in [0.25, 0.3) is 0 Å². The van der Waals surface area contributed by atoms with Crippen molar-refractivity contribution in [3.63, 3.8) is 0 Å². The molecule has 7 nitrogen and oxygen atoms in total. The van der Waals surface area contributed by atoms with Crippen molar-refractivity contribution >= 4 is 29.5 Å². The van der Waals surface area contributed by atoms with Gasteiger partial charge in [-0.2, -0.15) is 0 Å². The number of anilines is 1. The molecule has 3 fully saturated rings. The topological polar surface area (TPSA) is 81.4 Å². The van der Waals surface area contributed by atoms with Crippen LogP contribution in [0, 0.1) is 5.92 Å². The van der Waals surface area contributed by atoms with E-state index in [9.17, 15) is 9.59 Å². The highest BCUT2D eigenvalue weighted by Gasteiger charge is 2.51. The lowest BCUT2D eigenvalue weighted by Gasteiger charge is -2.52. The highest BCUT2D eigenvalue weighted by molar-refractivity contribution is 8.01. The number of esters is 1. The Kier molecular flexibility index (Phi) is 7.16. The number of ether oxygens (including phenoxy) is 1. The third-order valence-electron chi connectivity index (χ3n) is 7.49. The Labute approximate surface area is 215 Å². The van der Waals surface area contributed by atoms with E-state index in [-0.39, 0.29) is 18.0 Å². The number of thioether (sulfide) groups is 1. The normalized spacial score (nSPS) is 23.2. The number of quaternary nitrogens is 1. The summed E-state index contributed by atoms with van der Waals surface area (Å²) in [6, 6.07) is 21.5. The molecule has 2 aromatic carbocycles. The Morgan fingerprint density at radius 3 is 2.25 bits per heavy atom. The van der Waals surface area contributed by atoms with Gasteiger partial charge in [-0.1, -0.05) is 72.7 Å². The lowest BCUT2D eigenvalue weighted by atomic mass is 9.82. The van der Waals surface area contributed by atoms with Crippen molar-refractivity contribution in [1.82, 2.24) is 5.16 Å². The number of hydrogen-bond acceptors (Lipinski definition) is 6. The van der Waals surface area contributed by atoms with Gasteiger partial charge in [0.1, 0.15) is 12.8 Å². The van der Waals surface area contributed by atoms with E-state index in [1.165, 1.54) is 6.26 Å². The molecule has 6 rings (SSSR count). The Morgan fingerprint density at radius 1 is 1.06 bits per heavy atom. The van der Waals surface area contributed by atoms with Gasteiger partial charge in [-0.3, -0.25) is 4.79 Å². The zero-order valence-corrected chi connectivity index (χ0v) is 21.3. The maximum absolute atomic E-state index is 14.2. The molecule has 0 aliphatic carbocycles. The van der Waals surface area contributed by atoms with Gasteiger partial charge in [-0.25, -0.2) is 4.79 Å². The van der Waals surface area contributed by atoms with Crippen molar-refractivity contribution in [2.45, 2.75) is 30.6 Å². The summed E-state index contributed by atoms with van der Waals surface area (Å²) >= 11 is 1.60. The summed E-state index contributed by atoms with van der Waals surface area (Å²) in [5.74, 6) is 1.17. The van der Waals surface area contributed by atoms with Gasteiger partial charge in [0.2, 0.25) is 0 Å². The van der Waals surface area contributed by atoms with Crippen LogP contribution < -0.4 is 5.32 Å². The van der Waals surface area contributed by atoms with Crippen molar-refractivity contribution in [2.24, 2.45) is 5.92 Å². The smallest absolute Gasteiger partial charge is 0.331 e. The third-order valence-corrected chi connectivity index (χ3v) is 8.85. The van der Waals surface area contributed by atoms with Gasteiger partial charge in [0.25, 0.3) is 5.91 Å². The van der Waals surface area contributed by atoms with Crippen LogP contribution in [0.1, 0.15) is 30.9 Å². The predicted molar refractivity (Wildman–Crippen MR) is 139 cm³/mol. The van der Waals surface area contributed by atoms with Crippen LogP contribution in [-0.2, 0) is 19.1 Å². The van der Waals surface area contributed by atoms with Crippen molar-refractivity contribution in [1.29, 1.82) is 0 Å². The first-order valence-corrected chi connectivity index (χ1v) is 13.5. The maximum atomic E-state index is 14.2. The number of nitrogens with zero attached hydrogens (tertiary/aromatic N) is 2. The Morgan fingerprint density at radius 2 is 1.69 bits per heavy atom. The number of fused-ring (bicyclic) bond motifs is 3. The summed E-state index contributed by atoms with van der Waals surface area (Å²) in [5, 5.41) is 6.59. The zero-order chi connectivity index (χ0) is 25.0. The standard InChI is InChI=1S/C28H31N3O4S/c1-2-36-28(22-9-5-3-6-10-22,23-11-7-4-8-12-23)27(33)35-24-19-31(16-13-21(24)14-17-31)20-26(32)29-25-15-18-34-30-25/h3-12,15,18,21,24H,2,13-14,16-17,19-20H2,1H3/p+1/t21?,24-,31?/m0/s1. The number of nitrogens with one attached hydrogen (secondary N) is 1. The van der Waals surface area contributed by atoms with Gasteiger partial charge in [0.15, 0.2) is 23.2 Å². The van der Waals surface area contributed by atoms with Crippen LogP contribution in [0.3, 0.4) is 0 Å². The zero-order valence-electron chi connectivity index (χ0n) is 20.5. The fraction of sp³-hybridized carbons (Fsp3) is 0.393. The molecule has 8 heteroatoms. The predicted octanol–water partition coefficient (Wildman–Crippen LogP) is 4.46. The number of aromatic nitrogens is 1. The van der Waals surface area contributed by atoms with Gasteiger partial charge >= 0.3 is 5.97 Å². The minimum absolute atomic E-state index is 0.0983. The first-order chi connectivity index (χ1) is 17.5. The second-order valence-electron chi connectivity index (χ2n) is 9.69. The lowest BCUT2D eigenvalue weighted by molar-refractivity contribution is -0.938. The molecule has 1 atom stereocenters. The van der Waals surface area contributed by atoms with Gasteiger partial charge in [0, 0.05) is 24.8 Å². The second-order valence-corrected chi connectivity index (χ2v) is 11.2. The SMILES string of the molecule is CCSC(C(=O)O[C@H]1C[N+]2(CC(=O)Nc3ccon3)CCC1CC2)(c1ccccc1)c1ccccc1. The van der Waals surface area contributed by atoms with E-state index in [4.69, 9.17) is 9.26 Å². The van der Waals surface area contributed by atoms with Gasteiger partial charge < -0.3 is 19.1 Å². The molecule has 1 amide bonds. The molecule has 3 aromatic rings. The molecule has 188 valence electrons. The summed E-state index contributed by atoms with van der Waals surface area (Å²) < 4.78 is 10.9. The molecule has 1 N–H and O–H groups in total. The summed E-state index contributed by atoms with van der Waals surface area (Å²) in [5.41, 5.74) is 1.84. The number of hydrogen-bond donors (Lipinski definition) is 1. The highest BCUT2D eigenvalue weighted by atomic mass is 32.2. The van der Waals surface area contributed by atoms with E-state index in [1.807, 2.05) is 60.7 Å². The quantitative estimate of drug-likeness (QED) is 0.341. The van der Waals surface area contributed by atoms with E-state index >= 15 is 0 Å².